The van der Waals surface area contributed by atoms with Crippen molar-refractivity contribution in [2.45, 2.75) is 24.2 Å². The van der Waals surface area contributed by atoms with Crippen LogP contribution in [0.2, 0.25) is 0 Å². The summed E-state index contributed by atoms with van der Waals surface area (Å²) < 4.78 is 0. The molecule has 0 atom stereocenters. The number of fused-ring (bicyclic) bond motifs is 1. The number of carbonyl (C=O) groups is 3. The van der Waals surface area contributed by atoms with Crippen molar-refractivity contribution in [3.8, 4) is 0 Å². The SMILES string of the molecule is NC(=O)Cc1ccc(CC(N)=O)c2c1SCCC2=O. The smallest absolute Gasteiger partial charge is 0.221 e. The van der Waals surface area contributed by atoms with Gasteiger partial charge in [0.25, 0.3) is 0 Å². The number of hydrogen-bond donors (Lipinski definition) is 2. The fourth-order valence-corrected chi connectivity index (χ4v) is 3.38. The molecule has 4 N–H and O–H groups in total. The molecule has 5 nitrogen and oxygen atoms in total. The van der Waals surface area contributed by atoms with Gasteiger partial charge < -0.3 is 11.5 Å². The van der Waals surface area contributed by atoms with Crippen LogP contribution in [0.5, 0.6) is 0 Å². The minimum atomic E-state index is -0.478. The molecule has 1 heterocycles. The molecule has 0 spiro atoms. The van der Waals surface area contributed by atoms with Crippen LogP contribution in [0.1, 0.15) is 27.9 Å². The van der Waals surface area contributed by atoms with Crippen molar-refractivity contribution in [1.29, 1.82) is 0 Å². The van der Waals surface area contributed by atoms with Crippen molar-refractivity contribution in [3.05, 3.63) is 28.8 Å². The van der Waals surface area contributed by atoms with Gasteiger partial charge in [-0.1, -0.05) is 12.1 Å². The van der Waals surface area contributed by atoms with Gasteiger partial charge in [-0.2, -0.15) is 0 Å². The van der Waals surface area contributed by atoms with Crippen LogP contribution in [0.3, 0.4) is 0 Å². The molecule has 0 aromatic heterocycles. The Labute approximate surface area is 114 Å². The molecule has 2 amide bonds. The molecular weight excluding hydrogens is 264 g/mol. The molecule has 0 unspecified atom stereocenters. The van der Waals surface area contributed by atoms with E-state index in [0.717, 1.165) is 10.5 Å². The molecule has 6 heteroatoms. The number of thioether (sulfide) groups is 1. The van der Waals surface area contributed by atoms with E-state index in [9.17, 15) is 14.4 Å². The third kappa shape index (κ3) is 2.96. The summed E-state index contributed by atoms with van der Waals surface area (Å²) in [5.74, 6) is -0.245. The van der Waals surface area contributed by atoms with E-state index in [2.05, 4.69) is 0 Å². The van der Waals surface area contributed by atoms with Gasteiger partial charge >= 0.3 is 0 Å². The quantitative estimate of drug-likeness (QED) is 0.833. The third-order valence-electron chi connectivity index (χ3n) is 2.91. The second-order valence-electron chi connectivity index (χ2n) is 4.40. The first-order valence-corrected chi connectivity index (χ1v) is 6.85. The minimum Gasteiger partial charge on any atom is -0.369 e. The van der Waals surface area contributed by atoms with Crippen molar-refractivity contribution in [3.63, 3.8) is 0 Å². The van der Waals surface area contributed by atoms with Crippen LogP contribution in [0, 0.1) is 0 Å². The summed E-state index contributed by atoms with van der Waals surface area (Å²) in [5, 5.41) is 0. The first-order valence-electron chi connectivity index (χ1n) is 5.86. The second-order valence-corrected chi connectivity index (χ2v) is 5.50. The van der Waals surface area contributed by atoms with Crippen LogP contribution in [0.25, 0.3) is 0 Å². The van der Waals surface area contributed by atoms with Crippen molar-refractivity contribution in [2.75, 3.05) is 5.75 Å². The summed E-state index contributed by atoms with van der Waals surface area (Å²) in [4.78, 5) is 34.9. The summed E-state index contributed by atoms with van der Waals surface area (Å²) in [7, 11) is 0. The standard InChI is InChI=1S/C13H14N2O3S/c14-10(17)5-7-1-2-8(6-11(15)18)13-12(7)9(16)3-4-19-13/h1-2H,3-6H2,(H2,14,17)(H2,15,18). The molecule has 100 valence electrons. The fourth-order valence-electron chi connectivity index (χ4n) is 2.17. The summed E-state index contributed by atoms with van der Waals surface area (Å²) in [6, 6.07) is 3.43. The first kappa shape index (κ1) is 13.6. The number of amides is 2. The Hall–Kier alpha value is -1.82. The number of rotatable bonds is 4. The Kier molecular flexibility index (Phi) is 3.90. The molecule has 0 radical (unpaired) electrons. The number of carbonyl (C=O) groups excluding carboxylic acids is 3. The molecule has 1 aliphatic rings. The Balaban J connectivity index is 2.52. The Morgan fingerprint density at radius 3 is 2.32 bits per heavy atom. The number of Topliss-reactive ketones (excluding diaryl/α,β-unsaturated/α-hetero) is 1. The summed E-state index contributed by atoms with van der Waals surface area (Å²) in [6.07, 6.45) is 0.564. The predicted octanol–water partition coefficient (Wildman–Crippen LogP) is 0.421. The molecule has 0 bridgehead atoms. The van der Waals surface area contributed by atoms with Gasteiger partial charge in [0.1, 0.15) is 0 Å². The minimum absolute atomic E-state index is 0.00341. The van der Waals surface area contributed by atoms with Crippen LogP contribution in [0.4, 0.5) is 0 Å². The summed E-state index contributed by atoms with van der Waals surface area (Å²) in [6.45, 7) is 0. The Morgan fingerprint density at radius 2 is 1.68 bits per heavy atom. The molecule has 0 saturated heterocycles. The molecular formula is C13H14N2O3S. The predicted molar refractivity (Wildman–Crippen MR) is 71.9 cm³/mol. The molecule has 19 heavy (non-hydrogen) atoms. The number of primary amides is 2. The van der Waals surface area contributed by atoms with E-state index in [-0.39, 0.29) is 18.6 Å². The molecule has 1 aromatic carbocycles. The maximum atomic E-state index is 12.0. The van der Waals surface area contributed by atoms with Gasteiger partial charge in [-0.05, 0) is 11.1 Å². The topological polar surface area (TPSA) is 103 Å². The molecule has 0 aliphatic carbocycles. The number of ketones is 1. The highest BCUT2D eigenvalue weighted by atomic mass is 32.2. The lowest BCUT2D eigenvalue weighted by atomic mass is 9.95. The summed E-state index contributed by atoms with van der Waals surface area (Å²) >= 11 is 1.52. The lowest BCUT2D eigenvalue weighted by Gasteiger charge is -2.20. The van der Waals surface area contributed by atoms with Crippen molar-refractivity contribution >= 4 is 29.4 Å². The maximum Gasteiger partial charge on any atom is 0.221 e. The van der Waals surface area contributed by atoms with Gasteiger partial charge in [-0.25, -0.2) is 0 Å². The van der Waals surface area contributed by atoms with Crippen molar-refractivity contribution < 1.29 is 14.4 Å². The highest BCUT2D eigenvalue weighted by Gasteiger charge is 2.24. The monoisotopic (exact) mass is 278 g/mol. The normalized spacial score (nSPS) is 14.0. The summed E-state index contributed by atoms with van der Waals surface area (Å²) in [5.41, 5.74) is 12.3. The fraction of sp³-hybridized carbons (Fsp3) is 0.308. The van der Waals surface area contributed by atoms with Crippen LogP contribution in [-0.2, 0) is 22.4 Å². The zero-order valence-corrected chi connectivity index (χ0v) is 11.1. The van der Waals surface area contributed by atoms with Gasteiger partial charge in [0.15, 0.2) is 5.78 Å². The van der Waals surface area contributed by atoms with Crippen LogP contribution in [0.15, 0.2) is 17.0 Å². The van der Waals surface area contributed by atoms with E-state index >= 15 is 0 Å². The van der Waals surface area contributed by atoms with Crippen LogP contribution in [-0.4, -0.2) is 23.4 Å². The maximum absolute atomic E-state index is 12.0. The highest BCUT2D eigenvalue weighted by Crippen LogP contribution is 2.35. The lowest BCUT2D eigenvalue weighted by Crippen LogP contribution is -2.21. The van der Waals surface area contributed by atoms with E-state index in [1.165, 1.54) is 11.8 Å². The molecule has 2 rings (SSSR count). The molecule has 1 aromatic rings. The third-order valence-corrected chi connectivity index (χ3v) is 4.07. The highest BCUT2D eigenvalue weighted by molar-refractivity contribution is 7.99. The number of nitrogens with two attached hydrogens (primary N) is 2. The average molecular weight is 278 g/mol. The van der Waals surface area contributed by atoms with E-state index in [4.69, 9.17) is 11.5 Å². The Bertz CT molecular complexity index is 569. The van der Waals surface area contributed by atoms with E-state index in [1.807, 2.05) is 0 Å². The number of hydrogen-bond acceptors (Lipinski definition) is 4. The Morgan fingerprint density at radius 1 is 1.11 bits per heavy atom. The van der Waals surface area contributed by atoms with Gasteiger partial charge in [0, 0.05) is 22.6 Å². The average Bonchev–Trinajstić information content (AvgIpc) is 2.31. The lowest BCUT2D eigenvalue weighted by molar-refractivity contribution is -0.118. The van der Waals surface area contributed by atoms with Gasteiger partial charge in [0.05, 0.1) is 12.8 Å². The van der Waals surface area contributed by atoms with Crippen molar-refractivity contribution in [1.82, 2.24) is 0 Å². The second kappa shape index (κ2) is 5.44. The van der Waals surface area contributed by atoms with E-state index in [1.54, 1.807) is 12.1 Å². The molecule has 0 saturated carbocycles. The van der Waals surface area contributed by atoms with Crippen LogP contribution < -0.4 is 11.5 Å². The van der Waals surface area contributed by atoms with Gasteiger partial charge in [-0.3, -0.25) is 14.4 Å². The van der Waals surface area contributed by atoms with E-state index < -0.39 is 11.8 Å². The van der Waals surface area contributed by atoms with Gasteiger partial charge in [-0.15, -0.1) is 11.8 Å². The molecule has 1 aliphatic heterocycles. The zero-order valence-electron chi connectivity index (χ0n) is 10.3. The van der Waals surface area contributed by atoms with Gasteiger partial charge in [0.2, 0.25) is 11.8 Å². The van der Waals surface area contributed by atoms with Crippen molar-refractivity contribution in [2.24, 2.45) is 11.5 Å². The first-order chi connectivity index (χ1) is 8.99. The zero-order chi connectivity index (χ0) is 14.0. The van der Waals surface area contributed by atoms with E-state index in [0.29, 0.717) is 23.3 Å². The van der Waals surface area contributed by atoms with Crippen LogP contribution >= 0.6 is 11.8 Å². The number of benzene rings is 1. The molecule has 0 fully saturated rings. The largest absolute Gasteiger partial charge is 0.369 e.